The summed E-state index contributed by atoms with van der Waals surface area (Å²) in [6.45, 7) is 3.29. The molecule has 2 aromatic rings. The summed E-state index contributed by atoms with van der Waals surface area (Å²) in [6.07, 6.45) is 3.68. The Balaban J connectivity index is 1.70. The molecular formula is C19H21N3O3. The van der Waals surface area contributed by atoms with Crippen LogP contribution < -0.4 is 10.2 Å². The number of carbonyl (C=O) groups is 1. The van der Waals surface area contributed by atoms with Crippen molar-refractivity contribution in [3.05, 3.63) is 64.2 Å². The van der Waals surface area contributed by atoms with E-state index in [-0.39, 0.29) is 17.2 Å². The Bertz CT molecular complexity index is 774. The van der Waals surface area contributed by atoms with E-state index in [4.69, 9.17) is 0 Å². The molecule has 0 bridgehead atoms. The third-order valence-electron chi connectivity index (χ3n) is 4.58. The van der Waals surface area contributed by atoms with Crippen molar-refractivity contribution >= 4 is 23.0 Å². The molecule has 0 aromatic heterocycles. The molecule has 1 heterocycles. The van der Waals surface area contributed by atoms with E-state index < -0.39 is 4.92 Å². The summed E-state index contributed by atoms with van der Waals surface area (Å²) in [6, 6.07) is 14.0. The Kier molecular flexibility index (Phi) is 4.97. The van der Waals surface area contributed by atoms with E-state index in [1.165, 1.54) is 37.5 Å². The number of amides is 1. The van der Waals surface area contributed by atoms with Crippen LogP contribution in [-0.2, 0) is 0 Å². The summed E-state index contributed by atoms with van der Waals surface area (Å²) in [5.41, 5.74) is 2.00. The van der Waals surface area contributed by atoms with Gasteiger partial charge in [0.05, 0.1) is 4.92 Å². The maximum Gasteiger partial charge on any atom is 0.270 e. The van der Waals surface area contributed by atoms with Crippen LogP contribution in [0.1, 0.15) is 36.5 Å². The molecule has 1 amide bonds. The van der Waals surface area contributed by atoms with Gasteiger partial charge in [-0.1, -0.05) is 6.07 Å². The maximum atomic E-state index is 12.3. The highest BCUT2D eigenvalue weighted by molar-refractivity contribution is 6.04. The van der Waals surface area contributed by atoms with Gasteiger partial charge in [-0.3, -0.25) is 14.9 Å². The molecular weight excluding hydrogens is 318 g/mol. The first kappa shape index (κ1) is 17.0. The van der Waals surface area contributed by atoms with Crippen LogP contribution in [0, 0.1) is 10.1 Å². The first-order valence-corrected chi connectivity index (χ1v) is 8.47. The molecule has 1 aliphatic heterocycles. The van der Waals surface area contributed by atoms with Crippen LogP contribution in [0.4, 0.5) is 17.1 Å². The Morgan fingerprint density at radius 2 is 1.96 bits per heavy atom. The molecule has 1 saturated heterocycles. The van der Waals surface area contributed by atoms with Gasteiger partial charge >= 0.3 is 0 Å². The molecule has 0 aliphatic carbocycles. The largest absolute Gasteiger partial charge is 0.369 e. The topological polar surface area (TPSA) is 75.5 Å². The minimum Gasteiger partial charge on any atom is -0.369 e. The molecule has 6 heteroatoms. The van der Waals surface area contributed by atoms with Gasteiger partial charge in [-0.05, 0) is 56.5 Å². The van der Waals surface area contributed by atoms with Gasteiger partial charge in [-0.15, -0.1) is 0 Å². The number of benzene rings is 2. The van der Waals surface area contributed by atoms with Crippen molar-refractivity contribution in [2.24, 2.45) is 0 Å². The van der Waals surface area contributed by atoms with Crippen molar-refractivity contribution < 1.29 is 9.72 Å². The van der Waals surface area contributed by atoms with Gasteiger partial charge in [0.2, 0.25) is 0 Å². The smallest absolute Gasteiger partial charge is 0.270 e. The van der Waals surface area contributed by atoms with Crippen molar-refractivity contribution in [2.75, 3.05) is 16.8 Å². The van der Waals surface area contributed by atoms with Gasteiger partial charge in [-0.2, -0.15) is 0 Å². The van der Waals surface area contributed by atoms with Gasteiger partial charge in [0.15, 0.2) is 0 Å². The molecule has 6 nitrogen and oxygen atoms in total. The molecule has 1 fully saturated rings. The lowest BCUT2D eigenvalue weighted by Gasteiger charge is -2.35. The lowest BCUT2D eigenvalue weighted by Crippen LogP contribution is -2.37. The standard InChI is InChI=1S/C19H21N3O3/c1-14-5-2-3-12-21(14)17-10-8-16(9-11-17)20-19(23)15-6-4-7-18(13-15)22(24)25/h4,6-11,13-14H,2-3,5,12H2,1H3,(H,20,23)/t14-/m1/s1. The van der Waals surface area contributed by atoms with E-state index in [1.807, 2.05) is 24.3 Å². The molecule has 25 heavy (non-hydrogen) atoms. The fraction of sp³-hybridized carbons (Fsp3) is 0.316. The van der Waals surface area contributed by atoms with Gasteiger partial charge in [0.25, 0.3) is 11.6 Å². The monoisotopic (exact) mass is 339 g/mol. The minimum atomic E-state index is -0.509. The summed E-state index contributed by atoms with van der Waals surface area (Å²) in [4.78, 5) is 25.0. The average molecular weight is 339 g/mol. The second kappa shape index (κ2) is 7.34. The lowest BCUT2D eigenvalue weighted by atomic mass is 10.0. The Morgan fingerprint density at radius 1 is 1.20 bits per heavy atom. The van der Waals surface area contributed by atoms with Crippen LogP contribution in [0.5, 0.6) is 0 Å². The number of nitro benzene ring substituents is 1. The summed E-state index contributed by atoms with van der Waals surface area (Å²) in [7, 11) is 0. The summed E-state index contributed by atoms with van der Waals surface area (Å²) in [5, 5.41) is 13.6. The number of nitrogens with one attached hydrogen (secondary N) is 1. The van der Waals surface area contributed by atoms with E-state index in [0.29, 0.717) is 11.7 Å². The van der Waals surface area contributed by atoms with Crippen LogP contribution in [0.2, 0.25) is 0 Å². The second-order valence-corrected chi connectivity index (χ2v) is 6.35. The summed E-state index contributed by atoms with van der Waals surface area (Å²) < 4.78 is 0. The number of carbonyl (C=O) groups excluding carboxylic acids is 1. The molecule has 1 N–H and O–H groups in total. The fourth-order valence-electron chi connectivity index (χ4n) is 3.18. The van der Waals surface area contributed by atoms with Gasteiger partial charge in [0, 0.05) is 41.7 Å². The highest BCUT2D eigenvalue weighted by atomic mass is 16.6. The Labute approximate surface area is 146 Å². The quantitative estimate of drug-likeness (QED) is 0.668. The molecule has 1 aliphatic rings. The number of hydrogen-bond donors (Lipinski definition) is 1. The summed E-state index contributed by atoms with van der Waals surface area (Å²) >= 11 is 0. The normalized spacial score (nSPS) is 17.2. The number of anilines is 2. The number of hydrogen-bond acceptors (Lipinski definition) is 4. The zero-order valence-electron chi connectivity index (χ0n) is 14.1. The minimum absolute atomic E-state index is 0.0953. The highest BCUT2D eigenvalue weighted by Crippen LogP contribution is 2.26. The third-order valence-corrected chi connectivity index (χ3v) is 4.58. The Morgan fingerprint density at radius 3 is 2.64 bits per heavy atom. The number of piperidine rings is 1. The van der Waals surface area contributed by atoms with Gasteiger partial charge in [-0.25, -0.2) is 0 Å². The fourth-order valence-corrected chi connectivity index (χ4v) is 3.18. The molecule has 0 unspecified atom stereocenters. The third kappa shape index (κ3) is 3.96. The van der Waals surface area contributed by atoms with Crippen LogP contribution in [0.25, 0.3) is 0 Å². The number of rotatable bonds is 4. The number of non-ortho nitro benzene ring substituents is 1. The molecule has 0 radical (unpaired) electrons. The van der Waals surface area contributed by atoms with Crippen LogP contribution in [-0.4, -0.2) is 23.4 Å². The Hall–Kier alpha value is -2.89. The first-order valence-electron chi connectivity index (χ1n) is 8.47. The predicted octanol–water partition coefficient (Wildman–Crippen LogP) is 4.23. The molecule has 0 saturated carbocycles. The zero-order valence-corrected chi connectivity index (χ0v) is 14.1. The van der Waals surface area contributed by atoms with Crippen LogP contribution in [0.3, 0.4) is 0 Å². The van der Waals surface area contributed by atoms with Crippen LogP contribution in [0.15, 0.2) is 48.5 Å². The van der Waals surface area contributed by atoms with Gasteiger partial charge in [0.1, 0.15) is 0 Å². The van der Waals surface area contributed by atoms with Crippen molar-refractivity contribution in [3.8, 4) is 0 Å². The average Bonchev–Trinajstić information content (AvgIpc) is 2.63. The number of nitrogens with zero attached hydrogens (tertiary/aromatic N) is 2. The number of nitro groups is 1. The van der Waals surface area contributed by atoms with E-state index in [2.05, 4.69) is 17.1 Å². The molecule has 3 rings (SSSR count). The van der Waals surface area contributed by atoms with E-state index >= 15 is 0 Å². The van der Waals surface area contributed by atoms with E-state index in [1.54, 1.807) is 6.07 Å². The van der Waals surface area contributed by atoms with E-state index in [0.717, 1.165) is 12.2 Å². The van der Waals surface area contributed by atoms with Gasteiger partial charge < -0.3 is 10.2 Å². The second-order valence-electron chi connectivity index (χ2n) is 6.35. The van der Waals surface area contributed by atoms with Crippen LogP contribution >= 0.6 is 0 Å². The maximum absolute atomic E-state index is 12.3. The van der Waals surface area contributed by atoms with Crippen molar-refractivity contribution in [1.29, 1.82) is 0 Å². The predicted molar refractivity (Wildman–Crippen MR) is 98.2 cm³/mol. The lowest BCUT2D eigenvalue weighted by molar-refractivity contribution is -0.384. The highest BCUT2D eigenvalue weighted by Gasteiger charge is 2.18. The SMILES string of the molecule is C[C@@H]1CCCCN1c1ccc(NC(=O)c2cccc([N+](=O)[O-])c2)cc1. The molecule has 2 aromatic carbocycles. The molecule has 130 valence electrons. The molecule has 1 atom stereocenters. The summed E-state index contributed by atoms with van der Waals surface area (Å²) in [5.74, 6) is -0.359. The zero-order chi connectivity index (χ0) is 17.8. The van der Waals surface area contributed by atoms with E-state index in [9.17, 15) is 14.9 Å². The van der Waals surface area contributed by atoms with Crippen molar-refractivity contribution in [1.82, 2.24) is 0 Å². The first-order chi connectivity index (χ1) is 12.0. The van der Waals surface area contributed by atoms with Crippen molar-refractivity contribution in [2.45, 2.75) is 32.2 Å². The van der Waals surface area contributed by atoms with Crippen molar-refractivity contribution in [3.63, 3.8) is 0 Å². The molecule has 0 spiro atoms.